The number of piperidine rings is 1. The second kappa shape index (κ2) is 11.6. The molecule has 0 bridgehead atoms. The Kier molecular flexibility index (Phi) is 8.46. The van der Waals surface area contributed by atoms with Gasteiger partial charge in [0, 0.05) is 50.7 Å². The molecule has 0 radical (unpaired) electrons. The van der Waals surface area contributed by atoms with E-state index in [1.807, 2.05) is 17.3 Å². The SMILES string of the molecule is COC1CCN(c2nccc(Nc3cc4c(C(C)C)cnc(N5CC(C)C5)c4cn3)n2)CC1F.CS. The Balaban J connectivity index is 0.00000148. The molecule has 5 rings (SSSR count). The molecule has 5 heterocycles. The van der Waals surface area contributed by atoms with Gasteiger partial charge in [-0.25, -0.2) is 19.3 Å². The van der Waals surface area contributed by atoms with Crippen LogP contribution in [0.3, 0.4) is 0 Å². The molecule has 0 aromatic carbocycles. The van der Waals surface area contributed by atoms with Gasteiger partial charge in [-0.3, -0.25) is 0 Å². The average Bonchev–Trinajstić information content (AvgIpc) is 2.87. The van der Waals surface area contributed by atoms with E-state index in [1.54, 1.807) is 25.6 Å². The highest BCUT2D eigenvalue weighted by molar-refractivity contribution is 7.79. The zero-order chi connectivity index (χ0) is 25.8. The fourth-order valence-corrected chi connectivity index (χ4v) is 4.83. The molecule has 0 aliphatic carbocycles. The summed E-state index contributed by atoms with van der Waals surface area (Å²) in [5, 5.41) is 5.53. The van der Waals surface area contributed by atoms with E-state index in [0.29, 0.717) is 42.4 Å². The predicted molar refractivity (Wildman–Crippen MR) is 148 cm³/mol. The van der Waals surface area contributed by atoms with Crippen LogP contribution in [0, 0.1) is 5.92 Å². The number of fused-ring (bicyclic) bond motifs is 1. The van der Waals surface area contributed by atoms with Gasteiger partial charge in [-0.2, -0.15) is 17.6 Å². The number of ether oxygens (including phenoxy) is 1. The molecule has 0 spiro atoms. The highest BCUT2D eigenvalue weighted by Crippen LogP contribution is 2.35. The van der Waals surface area contributed by atoms with Gasteiger partial charge in [-0.1, -0.05) is 20.8 Å². The summed E-state index contributed by atoms with van der Waals surface area (Å²) in [5.41, 5.74) is 1.19. The lowest BCUT2D eigenvalue weighted by Gasteiger charge is -2.38. The van der Waals surface area contributed by atoms with Gasteiger partial charge in [-0.05, 0) is 47.6 Å². The lowest BCUT2D eigenvalue weighted by atomic mass is 9.97. The molecular formula is C26H36FN7OS. The van der Waals surface area contributed by atoms with Gasteiger partial charge in [0.25, 0.3) is 0 Å². The Labute approximate surface area is 218 Å². The van der Waals surface area contributed by atoms with Crippen molar-refractivity contribution >= 4 is 46.8 Å². The smallest absolute Gasteiger partial charge is 0.227 e. The van der Waals surface area contributed by atoms with Crippen molar-refractivity contribution in [1.82, 2.24) is 19.9 Å². The number of hydrogen-bond donors (Lipinski definition) is 2. The van der Waals surface area contributed by atoms with Gasteiger partial charge in [0.1, 0.15) is 23.6 Å². The van der Waals surface area contributed by atoms with Gasteiger partial charge in [0.2, 0.25) is 5.95 Å². The number of pyridine rings is 2. The number of halogens is 1. The molecule has 2 atom stereocenters. The molecule has 3 aromatic heterocycles. The number of aromatic nitrogens is 4. The first-order valence-electron chi connectivity index (χ1n) is 12.4. The van der Waals surface area contributed by atoms with Gasteiger partial charge < -0.3 is 19.9 Å². The Morgan fingerprint density at radius 1 is 1.06 bits per heavy atom. The molecule has 10 heteroatoms. The summed E-state index contributed by atoms with van der Waals surface area (Å²) in [4.78, 5) is 22.6. The van der Waals surface area contributed by atoms with Crippen LogP contribution < -0.4 is 15.1 Å². The third-order valence-electron chi connectivity index (χ3n) is 6.73. The number of alkyl halides is 1. The molecule has 2 fully saturated rings. The minimum Gasteiger partial charge on any atom is -0.378 e. The lowest BCUT2D eigenvalue weighted by molar-refractivity contribution is 0.0194. The number of thiol groups is 1. The summed E-state index contributed by atoms with van der Waals surface area (Å²) in [6.07, 6.45) is 6.46. The molecule has 8 nitrogen and oxygen atoms in total. The van der Waals surface area contributed by atoms with Crippen LogP contribution in [0.1, 0.15) is 38.7 Å². The zero-order valence-corrected chi connectivity index (χ0v) is 22.5. The first-order valence-corrected chi connectivity index (χ1v) is 13.3. The van der Waals surface area contributed by atoms with E-state index in [0.717, 1.165) is 29.7 Å². The quantitative estimate of drug-likeness (QED) is 0.453. The van der Waals surface area contributed by atoms with E-state index < -0.39 is 6.17 Å². The third kappa shape index (κ3) is 5.49. The molecule has 1 N–H and O–H groups in total. The number of nitrogens with one attached hydrogen (secondary N) is 1. The Morgan fingerprint density at radius 2 is 1.83 bits per heavy atom. The van der Waals surface area contributed by atoms with E-state index in [1.165, 1.54) is 5.56 Å². The number of hydrogen-bond acceptors (Lipinski definition) is 9. The van der Waals surface area contributed by atoms with Crippen molar-refractivity contribution < 1.29 is 9.13 Å². The van der Waals surface area contributed by atoms with Gasteiger partial charge in [-0.15, -0.1) is 0 Å². The number of rotatable bonds is 6. The molecule has 36 heavy (non-hydrogen) atoms. The molecule has 2 saturated heterocycles. The molecule has 0 amide bonds. The zero-order valence-electron chi connectivity index (χ0n) is 21.6. The van der Waals surface area contributed by atoms with Crippen molar-refractivity contribution in [2.24, 2.45) is 5.92 Å². The molecule has 2 unspecified atom stereocenters. The summed E-state index contributed by atoms with van der Waals surface area (Å²) in [7, 11) is 1.55. The van der Waals surface area contributed by atoms with Gasteiger partial charge in [0.05, 0.1) is 12.6 Å². The lowest BCUT2D eigenvalue weighted by Crippen LogP contribution is -2.46. The third-order valence-corrected chi connectivity index (χ3v) is 6.73. The number of methoxy groups -OCH3 is 1. The largest absolute Gasteiger partial charge is 0.378 e. The van der Waals surface area contributed by atoms with E-state index in [9.17, 15) is 4.39 Å². The summed E-state index contributed by atoms with van der Waals surface area (Å²) in [6, 6.07) is 3.87. The highest BCUT2D eigenvalue weighted by atomic mass is 32.1. The molecule has 194 valence electrons. The summed E-state index contributed by atoms with van der Waals surface area (Å²) in [6.45, 7) is 9.53. The molecule has 0 saturated carbocycles. The minimum absolute atomic E-state index is 0.221. The monoisotopic (exact) mass is 513 g/mol. The standard InChI is InChI=1S/C25H32FN7O.CH4S/c1-15(2)18-10-29-24(33-12-16(3)13-33)19-11-28-23(9-17(18)19)30-22-5-7-27-25(31-22)32-8-6-21(34-4)20(26)14-32;1-2/h5,7,9-11,15-16,20-21H,6,8,12-14H2,1-4H3,(H,27,28,30,31);2H,1H3. The fourth-order valence-electron chi connectivity index (χ4n) is 4.83. The predicted octanol–water partition coefficient (Wildman–Crippen LogP) is 4.85. The van der Waals surface area contributed by atoms with E-state index in [-0.39, 0.29) is 12.6 Å². The van der Waals surface area contributed by atoms with Crippen LogP contribution in [-0.2, 0) is 4.74 Å². The van der Waals surface area contributed by atoms with Crippen molar-refractivity contribution in [2.45, 2.75) is 45.4 Å². The minimum atomic E-state index is -1.06. The molecular weight excluding hydrogens is 477 g/mol. The van der Waals surface area contributed by atoms with Crippen LogP contribution >= 0.6 is 12.6 Å². The van der Waals surface area contributed by atoms with Crippen LogP contribution in [0.4, 0.5) is 27.8 Å². The molecule has 2 aliphatic rings. The van der Waals surface area contributed by atoms with Crippen molar-refractivity contribution in [3.05, 3.63) is 36.3 Å². The van der Waals surface area contributed by atoms with Crippen molar-refractivity contribution in [3.63, 3.8) is 0 Å². The summed E-state index contributed by atoms with van der Waals surface area (Å²) >= 11 is 3.53. The van der Waals surface area contributed by atoms with Crippen LogP contribution in [0.15, 0.2) is 30.7 Å². The van der Waals surface area contributed by atoms with Crippen LogP contribution in [0.5, 0.6) is 0 Å². The van der Waals surface area contributed by atoms with Crippen LogP contribution in [-0.4, -0.2) is 71.8 Å². The summed E-state index contributed by atoms with van der Waals surface area (Å²) in [5.74, 6) is 3.86. The Hall–Kier alpha value is -2.72. The van der Waals surface area contributed by atoms with Crippen molar-refractivity contribution in [2.75, 3.05) is 54.7 Å². The van der Waals surface area contributed by atoms with Crippen molar-refractivity contribution in [3.8, 4) is 0 Å². The van der Waals surface area contributed by atoms with Crippen LogP contribution in [0.2, 0.25) is 0 Å². The summed E-state index contributed by atoms with van der Waals surface area (Å²) < 4.78 is 19.6. The van der Waals surface area contributed by atoms with E-state index >= 15 is 0 Å². The van der Waals surface area contributed by atoms with E-state index in [4.69, 9.17) is 9.72 Å². The molecule has 2 aliphatic heterocycles. The van der Waals surface area contributed by atoms with E-state index in [2.05, 4.69) is 64.6 Å². The maximum Gasteiger partial charge on any atom is 0.227 e. The normalized spacial score (nSPS) is 20.2. The fraction of sp³-hybridized carbons (Fsp3) is 0.538. The maximum absolute atomic E-state index is 14.4. The number of anilines is 4. The van der Waals surface area contributed by atoms with Crippen LogP contribution in [0.25, 0.3) is 10.8 Å². The first-order chi connectivity index (χ1) is 17.4. The Bertz CT molecular complexity index is 1170. The second-order valence-corrected chi connectivity index (χ2v) is 9.71. The number of nitrogens with zero attached hydrogens (tertiary/aromatic N) is 6. The van der Waals surface area contributed by atoms with Gasteiger partial charge >= 0.3 is 0 Å². The first kappa shape index (κ1) is 26.3. The second-order valence-electron chi connectivity index (χ2n) is 9.71. The highest BCUT2D eigenvalue weighted by Gasteiger charge is 2.30. The topological polar surface area (TPSA) is 79.3 Å². The van der Waals surface area contributed by atoms with Crippen molar-refractivity contribution in [1.29, 1.82) is 0 Å². The Morgan fingerprint density at radius 3 is 2.50 bits per heavy atom. The average molecular weight is 514 g/mol. The maximum atomic E-state index is 14.4. The van der Waals surface area contributed by atoms with Gasteiger partial charge in [0.15, 0.2) is 0 Å². The molecule has 3 aromatic rings.